The van der Waals surface area contributed by atoms with Crippen molar-refractivity contribution in [3.05, 3.63) is 0 Å². The largest absolute Gasteiger partial charge is 0.614 e. The van der Waals surface area contributed by atoms with E-state index in [0.717, 1.165) is 6.47 Å². The van der Waals surface area contributed by atoms with Gasteiger partial charge in [0.15, 0.2) is 0 Å². The van der Waals surface area contributed by atoms with E-state index in [0.29, 0.717) is 0 Å². The maximum atomic E-state index is 10.0. The van der Waals surface area contributed by atoms with Crippen LogP contribution in [-0.4, -0.2) is 23.2 Å². The third kappa shape index (κ3) is 5.78. The second-order valence-electron chi connectivity index (χ2n) is 0.919. The first-order valence-corrected chi connectivity index (χ1v) is 3.29. The summed E-state index contributed by atoms with van der Waals surface area (Å²) < 4.78 is 14.0. The number of rotatable bonds is 3. The molecule has 0 spiro atoms. The zero-order valence-electron chi connectivity index (χ0n) is 3.84. The van der Waals surface area contributed by atoms with Gasteiger partial charge in [0.25, 0.3) is 0 Å². The summed E-state index contributed by atoms with van der Waals surface area (Å²) in [6.07, 6.45) is 1.44. The summed E-state index contributed by atoms with van der Waals surface area (Å²) in [7, 11) is 0. The zero-order chi connectivity index (χ0) is 5.70. The van der Waals surface area contributed by atoms with Gasteiger partial charge in [-0.2, -0.15) is 0 Å². The molecule has 41 valence electrons. The molecule has 0 heterocycles. The van der Waals surface area contributed by atoms with Crippen molar-refractivity contribution >= 4 is 17.6 Å². The lowest BCUT2D eigenvalue weighted by Gasteiger charge is -1.98. The Kier molecular flexibility index (Phi) is 3.83. The highest BCUT2D eigenvalue weighted by molar-refractivity contribution is 7.90. The second kappa shape index (κ2) is 3.95. The van der Waals surface area contributed by atoms with Gasteiger partial charge >= 0.3 is 6.47 Å². The van der Waals surface area contributed by atoms with Crippen molar-refractivity contribution in [3.63, 3.8) is 0 Å². The first-order chi connectivity index (χ1) is 3.27. The number of ether oxygens (including phenoxy) is 1. The van der Waals surface area contributed by atoms with E-state index in [1.54, 1.807) is 0 Å². The molecule has 0 fully saturated rings. The van der Waals surface area contributed by atoms with Crippen molar-refractivity contribution in [2.75, 3.05) is 12.2 Å². The lowest BCUT2D eigenvalue weighted by molar-refractivity contribution is 0.327. The fourth-order valence-corrected chi connectivity index (χ4v) is 0.321. The average Bonchev–Trinajstić information content (AvgIpc) is 1.61. The van der Waals surface area contributed by atoms with E-state index in [4.69, 9.17) is 0 Å². The summed E-state index contributed by atoms with van der Waals surface area (Å²) in [5, 5.41) is 0. The molecule has 0 saturated carbocycles. The van der Waals surface area contributed by atoms with Gasteiger partial charge in [-0.05, 0) is 11.2 Å². The SMILES string of the molecule is C[S+]([O-])CO[C]=O. The predicted molar refractivity (Wildman–Crippen MR) is 25.7 cm³/mol. The van der Waals surface area contributed by atoms with Crippen molar-refractivity contribution in [1.29, 1.82) is 0 Å². The molecule has 0 N–H and O–H groups in total. The van der Waals surface area contributed by atoms with Crippen LogP contribution in [0.1, 0.15) is 0 Å². The molecule has 3 nitrogen and oxygen atoms in total. The van der Waals surface area contributed by atoms with Gasteiger partial charge < -0.3 is 9.29 Å². The van der Waals surface area contributed by atoms with Crippen molar-refractivity contribution in [1.82, 2.24) is 0 Å². The van der Waals surface area contributed by atoms with Crippen LogP contribution in [0.3, 0.4) is 0 Å². The predicted octanol–water partition coefficient (Wildman–Crippen LogP) is -0.594. The van der Waals surface area contributed by atoms with Crippen LogP contribution < -0.4 is 0 Å². The molecule has 1 radical (unpaired) electrons. The molecule has 0 aliphatic heterocycles. The minimum atomic E-state index is -1.05. The normalized spacial score (nSPS) is 12.9. The summed E-state index contributed by atoms with van der Waals surface area (Å²) in [6, 6.07) is 0. The van der Waals surface area contributed by atoms with Gasteiger partial charge in [-0.3, -0.25) is 0 Å². The maximum absolute atomic E-state index is 10.0. The Morgan fingerprint density at radius 2 is 2.57 bits per heavy atom. The Morgan fingerprint density at radius 1 is 2.00 bits per heavy atom. The van der Waals surface area contributed by atoms with Gasteiger partial charge in [-0.25, -0.2) is 4.79 Å². The summed E-state index contributed by atoms with van der Waals surface area (Å²) in [4.78, 5) is 9.23. The fraction of sp³-hybridized carbons (Fsp3) is 0.667. The fourth-order valence-electron chi connectivity index (χ4n) is 0.107. The molecule has 1 unspecified atom stereocenters. The molecule has 0 aromatic rings. The van der Waals surface area contributed by atoms with Crippen molar-refractivity contribution in [3.8, 4) is 0 Å². The highest BCUT2D eigenvalue weighted by Crippen LogP contribution is 1.79. The van der Waals surface area contributed by atoms with Crippen LogP contribution in [-0.2, 0) is 20.7 Å². The monoisotopic (exact) mass is 121 g/mol. The third-order valence-electron chi connectivity index (χ3n) is 0.284. The molecule has 0 aliphatic carbocycles. The van der Waals surface area contributed by atoms with Gasteiger partial charge in [0.1, 0.15) is 0 Å². The summed E-state index contributed by atoms with van der Waals surface area (Å²) in [5.41, 5.74) is 0. The Morgan fingerprint density at radius 3 is 2.71 bits per heavy atom. The highest BCUT2D eigenvalue weighted by Gasteiger charge is 1.92. The molecule has 0 amide bonds. The van der Waals surface area contributed by atoms with Crippen molar-refractivity contribution in [2.24, 2.45) is 0 Å². The first kappa shape index (κ1) is 6.78. The molecule has 7 heavy (non-hydrogen) atoms. The maximum Gasteiger partial charge on any atom is 0.421 e. The van der Waals surface area contributed by atoms with Crippen LogP contribution in [0.5, 0.6) is 0 Å². The van der Waals surface area contributed by atoms with Gasteiger partial charge in [0, 0.05) is 0 Å². The second-order valence-corrected chi connectivity index (χ2v) is 2.30. The molecule has 0 aromatic heterocycles. The van der Waals surface area contributed by atoms with Gasteiger partial charge in [0.2, 0.25) is 5.94 Å². The number of carbonyl (C=O) groups excluding carboxylic acids is 1. The number of hydrogen-bond acceptors (Lipinski definition) is 3. The number of hydrogen-bond donors (Lipinski definition) is 0. The highest BCUT2D eigenvalue weighted by atomic mass is 32.2. The van der Waals surface area contributed by atoms with E-state index in [2.05, 4.69) is 4.74 Å². The lowest BCUT2D eigenvalue weighted by atomic mass is 11.5. The van der Waals surface area contributed by atoms with E-state index >= 15 is 0 Å². The molecule has 0 aliphatic rings. The van der Waals surface area contributed by atoms with Crippen LogP contribution in [0.15, 0.2) is 0 Å². The standard InChI is InChI=1S/C3H5O3S/c1-7(5)3-6-2-4/h3H2,1H3. The zero-order valence-corrected chi connectivity index (χ0v) is 4.66. The minimum absolute atomic E-state index is 0.0521. The molecule has 0 rings (SSSR count). The van der Waals surface area contributed by atoms with Crippen LogP contribution in [0, 0.1) is 0 Å². The molecule has 4 heteroatoms. The minimum Gasteiger partial charge on any atom is -0.614 e. The molecule has 0 aromatic carbocycles. The summed E-state index contributed by atoms with van der Waals surface area (Å²) in [5.74, 6) is -0.0521. The van der Waals surface area contributed by atoms with Crippen LogP contribution in [0.25, 0.3) is 0 Å². The molecular formula is C3H5O3S. The average molecular weight is 121 g/mol. The van der Waals surface area contributed by atoms with E-state index in [-0.39, 0.29) is 5.94 Å². The van der Waals surface area contributed by atoms with E-state index in [1.165, 1.54) is 6.26 Å². The molecular weight excluding hydrogens is 116 g/mol. The van der Waals surface area contributed by atoms with Crippen LogP contribution in [0.2, 0.25) is 0 Å². The Balaban J connectivity index is 2.81. The van der Waals surface area contributed by atoms with E-state index < -0.39 is 11.2 Å². The van der Waals surface area contributed by atoms with Gasteiger partial charge in [0.05, 0.1) is 6.26 Å². The smallest absolute Gasteiger partial charge is 0.421 e. The Bertz CT molecular complexity index is 54.1. The first-order valence-electron chi connectivity index (χ1n) is 1.56. The molecule has 1 atom stereocenters. The lowest BCUT2D eigenvalue weighted by Crippen LogP contribution is -2.05. The van der Waals surface area contributed by atoms with Gasteiger partial charge in [-0.1, -0.05) is 0 Å². The van der Waals surface area contributed by atoms with E-state index in [1.807, 2.05) is 0 Å². The quantitative estimate of drug-likeness (QED) is 0.469. The van der Waals surface area contributed by atoms with E-state index in [9.17, 15) is 9.35 Å². The topological polar surface area (TPSA) is 49.4 Å². The van der Waals surface area contributed by atoms with Crippen molar-refractivity contribution < 1.29 is 14.1 Å². The summed E-state index contributed by atoms with van der Waals surface area (Å²) >= 11 is -1.05. The van der Waals surface area contributed by atoms with Gasteiger partial charge in [-0.15, -0.1) is 0 Å². The summed E-state index contributed by atoms with van der Waals surface area (Å²) in [6.45, 7) is 1.16. The van der Waals surface area contributed by atoms with Crippen LogP contribution in [0.4, 0.5) is 0 Å². The third-order valence-corrected chi connectivity index (χ3v) is 0.734. The Hall–Kier alpha value is -0.220. The Labute approximate surface area is 44.8 Å². The molecule has 0 bridgehead atoms. The van der Waals surface area contributed by atoms with Crippen molar-refractivity contribution in [2.45, 2.75) is 0 Å². The molecule has 0 saturated heterocycles. The van der Waals surface area contributed by atoms with Crippen LogP contribution >= 0.6 is 0 Å².